The van der Waals surface area contributed by atoms with Crippen LogP contribution in [0.5, 0.6) is 0 Å². The zero-order chi connectivity index (χ0) is 13.0. The van der Waals surface area contributed by atoms with E-state index in [1.54, 1.807) is 13.0 Å². The number of rotatable bonds is 5. The third-order valence-corrected chi connectivity index (χ3v) is 2.71. The van der Waals surface area contributed by atoms with Crippen molar-refractivity contribution in [1.82, 2.24) is 0 Å². The molecule has 1 atom stereocenters. The highest BCUT2D eigenvalue weighted by molar-refractivity contribution is 6.33. The number of nitro benzene ring substituents is 1. The van der Waals surface area contributed by atoms with Gasteiger partial charge in [-0.3, -0.25) is 10.1 Å². The number of nitro groups is 1. The zero-order valence-corrected chi connectivity index (χ0v) is 10.6. The molecular weight excluding hydrogens is 242 g/mol. The first-order valence-corrected chi connectivity index (χ1v) is 5.73. The molecule has 0 radical (unpaired) electrons. The molecule has 0 fully saturated rings. The highest BCUT2D eigenvalue weighted by Crippen LogP contribution is 2.30. The second kappa shape index (κ2) is 5.84. The Morgan fingerprint density at radius 1 is 1.59 bits per heavy atom. The maximum absolute atomic E-state index is 10.7. The number of halogens is 1. The Bertz CT molecular complexity index is 421. The van der Waals surface area contributed by atoms with Crippen LogP contribution < -0.4 is 11.1 Å². The van der Waals surface area contributed by atoms with E-state index in [2.05, 4.69) is 5.32 Å². The fourth-order valence-electron chi connectivity index (χ4n) is 1.43. The Morgan fingerprint density at radius 3 is 2.76 bits per heavy atom. The van der Waals surface area contributed by atoms with Gasteiger partial charge in [0, 0.05) is 24.3 Å². The minimum atomic E-state index is -0.485. The molecule has 0 aliphatic heterocycles. The van der Waals surface area contributed by atoms with E-state index in [1.807, 2.05) is 6.92 Å². The number of anilines is 1. The average Bonchev–Trinajstić information content (AvgIpc) is 2.21. The van der Waals surface area contributed by atoms with Crippen molar-refractivity contribution in [2.24, 2.45) is 5.73 Å². The van der Waals surface area contributed by atoms with Crippen LogP contribution >= 0.6 is 11.6 Å². The van der Waals surface area contributed by atoms with Gasteiger partial charge >= 0.3 is 0 Å². The van der Waals surface area contributed by atoms with Crippen LogP contribution in [0.4, 0.5) is 11.4 Å². The Morgan fingerprint density at radius 2 is 2.24 bits per heavy atom. The van der Waals surface area contributed by atoms with Crippen molar-refractivity contribution in [3.8, 4) is 0 Å². The number of nitrogens with two attached hydrogens (primary N) is 1. The Kier molecular flexibility index (Phi) is 4.72. The Labute approximate surface area is 105 Å². The summed E-state index contributed by atoms with van der Waals surface area (Å²) in [4.78, 5) is 10.2. The van der Waals surface area contributed by atoms with Crippen LogP contribution in [0.2, 0.25) is 5.02 Å². The first-order chi connectivity index (χ1) is 7.91. The van der Waals surface area contributed by atoms with Crippen molar-refractivity contribution < 1.29 is 4.92 Å². The largest absolute Gasteiger partial charge is 0.385 e. The van der Waals surface area contributed by atoms with Crippen LogP contribution in [0.25, 0.3) is 0 Å². The van der Waals surface area contributed by atoms with Gasteiger partial charge in [-0.2, -0.15) is 0 Å². The fraction of sp³-hybridized carbons (Fsp3) is 0.455. The molecule has 1 unspecified atom stereocenters. The molecule has 0 aliphatic rings. The van der Waals surface area contributed by atoms with E-state index in [1.165, 1.54) is 6.07 Å². The lowest BCUT2D eigenvalue weighted by Crippen LogP contribution is -2.19. The van der Waals surface area contributed by atoms with E-state index in [-0.39, 0.29) is 16.8 Å². The van der Waals surface area contributed by atoms with Crippen molar-refractivity contribution in [3.63, 3.8) is 0 Å². The minimum absolute atomic E-state index is 0.0677. The highest BCUT2D eigenvalue weighted by atomic mass is 35.5. The molecule has 0 amide bonds. The second-order valence-corrected chi connectivity index (χ2v) is 4.48. The molecule has 0 aliphatic carbocycles. The molecule has 1 aromatic rings. The molecule has 0 saturated carbocycles. The standard InChI is InChI=1S/C11H16ClN3O2/c1-7-5-11(15(16)17)9(12)6-10(7)14-4-3-8(2)13/h5-6,8,14H,3-4,13H2,1-2H3. The summed E-state index contributed by atoms with van der Waals surface area (Å²) >= 11 is 5.83. The predicted octanol–water partition coefficient (Wildman–Crippen LogP) is 2.71. The van der Waals surface area contributed by atoms with Crippen LogP contribution in [0.1, 0.15) is 18.9 Å². The molecule has 17 heavy (non-hydrogen) atoms. The van der Waals surface area contributed by atoms with Crippen molar-refractivity contribution in [2.45, 2.75) is 26.3 Å². The van der Waals surface area contributed by atoms with Gasteiger partial charge in [0.05, 0.1) is 4.92 Å². The second-order valence-electron chi connectivity index (χ2n) is 4.07. The normalized spacial score (nSPS) is 12.2. The summed E-state index contributed by atoms with van der Waals surface area (Å²) in [5, 5.41) is 14.0. The summed E-state index contributed by atoms with van der Waals surface area (Å²) in [6, 6.07) is 3.17. The van der Waals surface area contributed by atoms with E-state index in [9.17, 15) is 10.1 Å². The van der Waals surface area contributed by atoms with Gasteiger partial charge in [-0.05, 0) is 31.9 Å². The maximum atomic E-state index is 10.7. The van der Waals surface area contributed by atoms with Crippen LogP contribution in [-0.2, 0) is 0 Å². The van der Waals surface area contributed by atoms with Gasteiger partial charge in [0.25, 0.3) is 5.69 Å². The first-order valence-electron chi connectivity index (χ1n) is 5.35. The van der Waals surface area contributed by atoms with Crippen molar-refractivity contribution in [1.29, 1.82) is 0 Å². The van der Waals surface area contributed by atoms with Crippen LogP contribution in [0.15, 0.2) is 12.1 Å². The fourth-order valence-corrected chi connectivity index (χ4v) is 1.66. The summed E-state index contributed by atoms with van der Waals surface area (Å²) in [5.74, 6) is 0. The van der Waals surface area contributed by atoms with E-state index < -0.39 is 4.92 Å². The predicted molar refractivity (Wildman–Crippen MR) is 69.6 cm³/mol. The molecular formula is C11H16ClN3O2. The van der Waals surface area contributed by atoms with Gasteiger partial charge in [0.1, 0.15) is 5.02 Å². The van der Waals surface area contributed by atoms with E-state index in [0.717, 1.165) is 17.7 Å². The maximum Gasteiger partial charge on any atom is 0.288 e. The van der Waals surface area contributed by atoms with Crippen molar-refractivity contribution >= 4 is 23.0 Å². The van der Waals surface area contributed by atoms with E-state index in [0.29, 0.717) is 6.54 Å². The lowest BCUT2D eigenvalue weighted by molar-refractivity contribution is -0.384. The van der Waals surface area contributed by atoms with Crippen molar-refractivity contribution in [3.05, 3.63) is 32.8 Å². The summed E-state index contributed by atoms with van der Waals surface area (Å²) in [6.07, 6.45) is 0.827. The molecule has 5 nitrogen and oxygen atoms in total. The van der Waals surface area contributed by atoms with Gasteiger partial charge in [-0.25, -0.2) is 0 Å². The molecule has 6 heteroatoms. The van der Waals surface area contributed by atoms with Crippen LogP contribution in [0, 0.1) is 17.0 Å². The lowest BCUT2D eigenvalue weighted by Gasteiger charge is -2.11. The number of hydrogen-bond donors (Lipinski definition) is 2. The quantitative estimate of drug-likeness (QED) is 0.628. The summed E-state index contributed by atoms with van der Waals surface area (Å²) < 4.78 is 0. The van der Waals surface area contributed by atoms with Gasteiger partial charge in [0.2, 0.25) is 0 Å². The Balaban J connectivity index is 2.81. The molecule has 0 aromatic heterocycles. The number of benzene rings is 1. The number of aryl methyl sites for hydroxylation is 1. The van der Waals surface area contributed by atoms with Gasteiger partial charge in [0.15, 0.2) is 0 Å². The third kappa shape index (κ3) is 3.87. The van der Waals surface area contributed by atoms with Crippen LogP contribution in [-0.4, -0.2) is 17.5 Å². The Hall–Kier alpha value is -1.33. The zero-order valence-electron chi connectivity index (χ0n) is 9.87. The molecule has 0 heterocycles. The lowest BCUT2D eigenvalue weighted by atomic mass is 10.1. The van der Waals surface area contributed by atoms with Gasteiger partial charge in [-0.1, -0.05) is 11.6 Å². The van der Waals surface area contributed by atoms with Crippen LogP contribution in [0.3, 0.4) is 0 Å². The molecule has 1 rings (SSSR count). The van der Waals surface area contributed by atoms with Gasteiger partial charge < -0.3 is 11.1 Å². The third-order valence-electron chi connectivity index (χ3n) is 2.41. The van der Waals surface area contributed by atoms with Gasteiger partial charge in [-0.15, -0.1) is 0 Å². The number of hydrogen-bond acceptors (Lipinski definition) is 4. The smallest absolute Gasteiger partial charge is 0.288 e. The first kappa shape index (κ1) is 13.7. The monoisotopic (exact) mass is 257 g/mol. The number of nitrogens with one attached hydrogen (secondary N) is 1. The topological polar surface area (TPSA) is 81.2 Å². The molecule has 94 valence electrons. The SMILES string of the molecule is Cc1cc([N+](=O)[O-])c(Cl)cc1NCCC(C)N. The molecule has 1 aromatic carbocycles. The summed E-state index contributed by atoms with van der Waals surface area (Å²) in [5.41, 5.74) is 7.17. The molecule has 0 bridgehead atoms. The minimum Gasteiger partial charge on any atom is -0.385 e. The molecule has 0 saturated heterocycles. The summed E-state index contributed by atoms with van der Waals surface area (Å²) in [6.45, 7) is 4.45. The summed E-state index contributed by atoms with van der Waals surface area (Å²) in [7, 11) is 0. The highest BCUT2D eigenvalue weighted by Gasteiger charge is 2.14. The average molecular weight is 258 g/mol. The van der Waals surface area contributed by atoms with Crippen molar-refractivity contribution in [2.75, 3.05) is 11.9 Å². The van der Waals surface area contributed by atoms with E-state index in [4.69, 9.17) is 17.3 Å². The van der Waals surface area contributed by atoms with E-state index >= 15 is 0 Å². The molecule has 0 spiro atoms. The number of nitrogens with zero attached hydrogens (tertiary/aromatic N) is 1. The molecule has 3 N–H and O–H groups in total.